The van der Waals surface area contributed by atoms with Gasteiger partial charge in [-0.15, -0.1) is 0 Å². The highest BCUT2D eigenvalue weighted by Gasteiger charge is 2.29. The Balaban J connectivity index is 2.58. The first-order valence-electron chi connectivity index (χ1n) is 5.25. The smallest absolute Gasteiger partial charge is 0.346 e. The highest BCUT2D eigenvalue weighted by Crippen LogP contribution is 2.35. The first-order chi connectivity index (χ1) is 9.00. The van der Waals surface area contributed by atoms with Crippen LogP contribution in [0.4, 0.5) is 0 Å². The Kier molecular flexibility index (Phi) is 2.43. The fourth-order valence-electron chi connectivity index (χ4n) is 2.17. The van der Waals surface area contributed by atoms with Crippen molar-refractivity contribution < 1.29 is 24.2 Å². The number of hydrogen-bond acceptors (Lipinski definition) is 4. The van der Waals surface area contributed by atoms with Crippen molar-refractivity contribution in [1.29, 1.82) is 0 Å². The Hall–Kier alpha value is -2.21. The lowest BCUT2D eigenvalue weighted by atomic mass is 9.94. The molecule has 1 N–H and O–H groups in total. The molecule has 0 fully saturated rings. The lowest BCUT2D eigenvalue weighted by Gasteiger charge is -2.17. The summed E-state index contributed by atoms with van der Waals surface area (Å²) >= 11 is 3.25. The van der Waals surface area contributed by atoms with E-state index in [2.05, 4.69) is 20.7 Å². The average Bonchev–Trinajstić information content (AvgIpc) is 2.36. The Labute approximate surface area is 114 Å². The fourth-order valence-corrected chi connectivity index (χ4v) is 2.71. The van der Waals surface area contributed by atoms with Gasteiger partial charge in [-0.05, 0) is 24.3 Å². The van der Waals surface area contributed by atoms with E-state index in [1.807, 2.05) is 0 Å². The second-order valence-electron chi connectivity index (χ2n) is 3.99. The number of benzene rings is 2. The minimum absolute atomic E-state index is 0.0231. The molecular formula is C13H5BrO5. The van der Waals surface area contributed by atoms with E-state index in [4.69, 9.17) is 0 Å². The molecule has 0 bridgehead atoms. The molecule has 1 heterocycles. The summed E-state index contributed by atoms with van der Waals surface area (Å²) in [5.41, 5.74) is 0.404. The van der Waals surface area contributed by atoms with Gasteiger partial charge in [0.15, 0.2) is 0 Å². The lowest BCUT2D eigenvalue weighted by Crippen LogP contribution is -2.20. The fraction of sp³-hybridized carbons (Fsp3) is 0. The number of carbonyl (C=O) groups excluding carboxylic acids is 2. The van der Waals surface area contributed by atoms with Crippen LogP contribution in [0.1, 0.15) is 31.1 Å². The van der Waals surface area contributed by atoms with Crippen molar-refractivity contribution in [3.05, 3.63) is 45.4 Å². The lowest BCUT2D eigenvalue weighted by molar-refractivity contribution is 0.0390. The van der Waals surface area contributed by atoms with Gasteiger partial charge in [-0.2, -0.15) is 0 Å². The summed E-state index contributed by atoms with van der Waals surface area (Å²) in [6.45, 7) is 0. The first-order valence-corrected chi connectivity index (χ1v) is 6.05. The minimum atomic E-state index is -1.13. The second-order valence-corrected chi connectivity index (χ2v) is 4.84. The SMILES string of the molecule is O=C(O)c1ccc2c3c(ccc(Br)c13)C(=O)OC2=O. The molecule has 0 radical (unpaired) electrons. The van der Waals surface area contributed by atoms with Crippen LogP contribution in [0.25, 0.3) is 10.8 Å². The maximum absolute atomic E-state index is 11.7. The zero-order valence-corrected chi connectivity index (χ0v) is 10.9. The molecule has 0 spiro atoms. The third-order valence-electron chi connectivity index (χ3n) is 2.97. The maximum Gasteiger partial charge on any atom is 0.346 e. The number of esters is 2. The molecule has 0 amide bonds. The van der Waals surface area contributed by atoms with Crippen LogP contribution in [0, 0.1) is 0 Å². The highest BCUT2D eigenvalue weighted by molar-refractivity contribution is 9.10. The molecular weight excluding hydrogens is 316 g/mol. The van der Waals surface area contributed by atoms with E-state index in [0.29, 0.717) is 15.2 Å². The minimum Gasteiger partial charge on any atom is -0.478 e. The van der Waals surface area contributed by atoms with Crippen molar-refractivity contribution in [3.8, 4) is 0 Å². The van der Waals surface area contributed by atoms with Gasteiger partial charge in [0.2, 0.25) is 0 Å². The van der Waals surface area contributed by atoms with Crippen LogP contribution in [0.3, 0.4) is 0 Å². The maximum atomic E-state index is 11.7. The van der Waals surface area contributed by atoms with Crippen molar-refractivity contribution in [2.45, 2.75) is 0 Å². The van der Waals surface area contributed by atoms with Gasteiger partial charge in [-0.3, -0.25) is 0 Å². The first kappa shape index (κ1) is 11.9. The van der Waals surface area contributed by atoms with E-state index < -0.39 is 17.9 Å². The average molecular weight is 321 g/mol. The van der Waals surface area contributed by atoms with Crippen LogP contribution in [0.15, 0.2) is 28.7 Å². The summed E-state index contributed by atoms with van der Waals surface area (Å²) in [7, 11) is 0. The van der Waals surface area contributed by atoms with Crippen LogP contribution in [-0.4, -0.2) is 23.0 Å². The van der Waals surface area contributed by atoms with Gasteiger partial charge in [-0.25, -0.2) is 14.4 Å². The third kappa shape index (κ3) is 1.57. The van der Waals surface area contributed by atoms with Crippen molar-refractivity contribution in [2.75, 3.05) is 0 Å². The summed E-state index contributed by atoms with van der Waals surface area (Å²) in [5.74, 6) is -2.66. The van der Waals surface area contributed by atoms with Gasteiger partial charge in [0.1, 0.15) is 0 Å². The second kappa shape index (κ2) is 3.89. The van der Waals surface area contributed by atoms with Crippen molar-refractivity contribution in [3.63, 3.8) is 0 Å². The van der Waals surface area contributed by atoms with Gasteiger partial charge in [0, 0.05) is 15.2 Å². The molecule has 0 atom stereocenters. The molecule has 0 saturated heterocycles. The molecule has 5 nitrogen and oxygen atoms in total. The highest BCUT2D eigenvalue weighted by atomic mass is 79.9. The number of carboxylic acid groups (broad SMARTS) is 1. The zero-order chi connectivity index (χ0) is 13.7. The third-order valence-corrected chi connectivity index (χ3v) is 3.63. The molecule has 2 aromatic carbocycles. The Morgan fingerprint density at radius 3 is 2.16 bits per heavy atom. The molecule has 1 aliphatic heterocycles. The molecule has 1 aliphatic rings. The molecule has 94 valence electrons. The van der Waals surface area contributed by atoms with Crippen LogP contribution < -0.4 is 0 Å². The number of halogens is 1. The topological polar surface area (TPSA) is 80.7 Å². The Morgan fingerprint density at radius 1 is 1.00 bits per heavy atom. The van der Waals surface area contributed by atoms with E-state index in [1.165, 1.54) is 18.2 Å². The van der Waals surface area contributed by atoms with Gasteiger partial charge in [0.05, 0.1) is 16.7 Å². The van der Waals surface area contributed by atoms with Crippen LogP contribution in [0.5, 0.6) is 0 Å². The number of carbonyl (C=O) groups is 3. The van der Waals surface area contributed by atoms with E-state index in [0.717, 1.165) is 0 Å². The predicted molar refractivity (Wildman–Crippen MR) is 68.4 cm³/mol. The summed E-state index contributed by atoms with van der Waals surface area (Å²) in [6.07, 6.45) is 0. The number of cyclic esters (lactones) is 2. The molecule has 0 aromatic heterocycles. The number of aromatic carboxylic acids is 1. The summed E-state index contributed by atoms with van der Waals surface area (Å²) in [4.78, 5) is 34.6. The normalized spacial score (nSPS) is 13.5. The van der Waals surface area contributed by atoms with Crippen molar-refractivity contribution in [1.82, 2.24) is 0 Å². The molecule has 6 heteroatoms. The monoisotopic (exact) mass is 320 g/mol. The predicted octanol–water partition coefficient (Wildman–Crippen LogP) is 2.61. The summed E-state index contributed by atoms with van der Waals surface area (Å²) in [6, 6.07) is 5.74. The van der Waals surface area contributed by atoms with E-state index in [9.17, 15) is 19.5 Å². The van der Waals surface area contributed by atoms with E-state index >= 15 is 0 Å². The van der Waals surface area contributed by atoms with Gasteiger partial charge in [-0.1, -0.05) is 15.9 Å². The van der Waals surface area contributed by atoms with Gasteiger partial charge < -0.3 is 9.84 Å². The van der Waals surface area contributed by atoms with Crippen molar-refractivity contribution in [2.24, 2.45) is 0 Å². The van der Waals surface area contributed by atoms with Crippen molar-refractivity contribution >= 4 is 44.6 Å². The molecule has 0 saturated carbocycles. The Bertz CT molecular complexity index is 758. The van der Waals surface area contributed by atoms with Gasteiger partial charge in [0.25, 0.3) is 0 Å². The quantitative estimate of drug-likeness (QED) is 0.645. The van der Waals surface area contributed by atoms with Crippen LogP contribution >= 0.6 is 15.9 Å². The number of carboxylic acids is 1. The molecule has 3 rings (SSSR count). The van der Waals surface area contributed by atoms with E-state index in [-0.39, 0.29) is 16.7 Å². The molecule has 2 aromatic rings. The summed E-state index contributed by atoms with van der Waals surface area (Å²) in [5, 5.41) is 9.83. The number of hydrogen-bond donors (Lipinski definition) is 1. The van der Waals surface area contributed by atoms with Gasteiger partial charge >= 0.3 is 17.9 Å². The van der Waals surface area contributed by atoms with Crippen LogP contribution in [-0.2, 0) is 4.74 Å². The molecule has 19 heavy (non-hydrogen) atoms. The van der Waals surface area contributed by atoms with E-state index in [1.54, 1.807) is 6.07 Å². The Morgan fingerprint density at radius 2 is 1.58 bits per heavy atom. The summed E-state index contributed by atoms with van der Waals surface area (Å²) < 4.78 is 5.11. The number of rotatable bonds is 1. The largest absolute Gasteiger partial charge is 0.478 e. The standard InChI is InChI=1S/C13H5BrO5/c14-8-4-3-7-9-6(12(17)19-13(7)18)2-1-5(10(8)9)11(15)16/h1-4H,(H,15,16). The number of ether oxygens (including phenoxy) is 1. The van der Waals surface area contributed by atoms with Crippen LogP contribution in [0.2, 0.25) is 0 Å². The molecule has 0 aliphatic carbocycles. The zero-order valence-electron chi connectivity index (χ0n) is 9.27. The molecule has 0 unspecified atom stereocenters.